The molecule has 0 unspecified atom stereocenters. The number of methoxy groups -OCH3 is 1. The molecule has 1 aliphatic carbocycles. The summed E-state index contributed by atoms with van der Waals surface area (Å²) < 4.78 is 10.4. The molecule has 1 N–H and O–H groups in total. The monoisotopic (exact) mass is 225 g/mol. The van der Waals surface area contributed by atoms with E-state index < -0.39 is 5.60 Å². The van der Waals surface area contributed by atoms with Crippen LogP contribution in [-0.4, -0.2) is 23.8 Å². The van der Waals surface area contributed by atoms with Gasteiger partial charge in [0, 0.05) is 7.11 Å². The van der Waals surface area contributed by atoms with Crippen molar-refractivity contribution in [3.05, 3.63) is 11.7 Å². The molecule has 5 heteroatoms. The van der Waals surface area contributed by atoms with Gasteiger partial charge in [0.1, 0.15) is 5.60 Å². The van der Waals surface area contributed by atoms with Crippen LogP contribution in [-0.2, 0) is 16.9 Å². The van der Waals surface area contributed by atoms with Crippen molar-refractivity contribution in [3.8, 4) is 0 Å². The maximum atomic E-state index is 5.28. The predicted molar refractivity (Wildman–Crippen MR) is 58.8 cm³/mol. The van der Waals surface area contributed by atoms with Gasteiger partial charge in [0.25, 0.3) is 0 Å². The van der Waals surface area contributed by atoms with E-state index in [1.807, 2.05) is 13.8 Å². The lowest BCUT2D eigenvalue weighted by Gasteiger charge is -2.17. The molecule has 5 nitrogen and oxygen atoms in total. The molecule has 90 valence electrons. The Balaban J connectivity index is 1.85. The molecule has 0 atom stereocenters. The smallest absolute Gasteiger partial charge is 0.240 e. The number of nitrogens with one attached hydrogen (secondary N) is 1. The predicted octanol–water partition coefficient (Wildman–Crippen LogP) is 1.45. The minimum atomic E-state index is -0.488. The van der Waals surface area contributed by atoms with Crippen molar-refractivity contribution in [1.29, 1.82) is 0 Å². The number of nitrogens with zero attached hydrogens (tertiary/aromatic N) is 2. The number of hydrogen-bond donors (Lipinski definition) is 1. The van der Waals surface area contributed by atoms with E-state index in [0.717, 1.165) is 12.5 Å². The normalized spacial score (nSPS) is 16.7. The third-order valence-corrected chi connectivity index (χ3v) is 2.92. The summed E-state index contributed by atoms with van der Waals surface area (Å²) in [5, 5.41) is 7.23. The number of ether oxygens (including phenoxy) is 1. The minimum Gasteiger partial charge on any atom is -0.371 e. The second kappa shape index (κ2) is 4.51. The van der Waals surface area contributed by atoms with Crippen molar-refractivity contribution >= 4 is 0 Å². The molecule has 1 aromatic rings. The average Bonchev–Trinajstić information content (AvgIpc) is 2.94. The fraction of sp³-hybridized carbons (Fsp3) is 0.818. The molecule has 0 aliphatic heterocycles. The van der Waals surface area contributed by atoms with Crippen LogP contribution in [0.25, 0.3) is 0 Å². The van der Waals surface area contributed by atoms with Gasteiger partial charge in [-0.1, -0.05) is 5.16 Å². The van der Waals surface area contributed by atoms with Gasteiger partial charge in [-0.15, -0.1) is 0 Å². The number of hydrogen-bond acceptors (Lipinski definition) is 5. The van der Waals surface area contributed by atoms with Crippen LogP contribution >= 0.6 is 0 Å². The Bertz CT molecular complexity index is 345. The largest absolute Gasteiger partial charge is 0.371 e. The Labute approximate surface area is 95.6 Å². The molecule has 0 saturated heterocycles. The molecule has 0 bridgehead atoms. The van der Waals surface area contributed by atoms with E-state index in [4.69, 9.17) is 9.26 Å². The molecule has 1 fully saturated rings. The third kappa shape index (κ3) is 2.80. The van der Waals surface area contributed by atoms with Gasteiger partial charge in [-0.05, 0) is 39.2 Å². The molecular weight excluding hydrogens is 206 g/mol. The van der Waals surface area contributed by atoms with Crippen LogP contribution in [0, 0.1) is 5.92 Å². The highest BCUT2D eigenvalue weighted by Gasteiger charge is 2.26. The lowest BCUT2D eigenvalue weighted by Crippen LogP contribution is -2.21. The lowest BCUT2D eigenvalue weighted by molar-refractivity contribution is 0.00973. The first-order valence-corrected chi connectivity index (χ1v) is 5.71. The van der Waals surface area contributed by atoms with Crippen molar-refractivity contribution in [1.82, 2.24) is 15.5 Å². The SMILES string of the molecule is COC(C)(C)c1noc(CNCC2CC2)n1. The first-order valence-electron chi connectivity index (χ1n) is 5.71. The third-order valence-electron chi connectivity index (χ3n) is 2.92. The maximum Gasteiger partial charge on any atom is 0.240 e. The number of aromatic nitrogens is 2. The molecule has 2 rings (SSSR count). The number of rotatable bonds is 6. The fourth-order valence-electron chi connectivity index (χ4n) is 1.37. The molecule has 0 radical (unpaired) electrons. The summed E-state index contributed by atoms with van der Waals surface area (Å²) >= 11 is 0. The summed E-state index contributed by atoms with van der Waals surface area (Å²) in [6.07, 6.45) is 2.69. The molecule has 16 heavy (non-hydrogen) atoms. The van der Waals surface area contributed by atoms with E-state index in [0.29, 0.717) is 18.3 Å². The van der Waals surface area contributed by atoms with E-state index in [2.05, 4.69) is 15.5 Å². The van der Waals surface area contributed by atoms with Crippen LogP contribution in [0.2, 0.25) is 0 Å². The minimum absolute atomic E-state index is 0.488. The van der Waals surface area contributed by atoms with E-state index in [9.17, 15) is 0 Å². The van der Waals surface area contributed by atoms with Gasteiger partial charge in [0.15, 0.2) is 0 Å². The van der Waals surface area contributed by atoms with Gasteiger partial charge in [-0.3, -0.25) is 0 Å². The Hall–Kier alpha value is -0.940. The molecule has 1 aliphatic rings. The topological polar surface area (TPSA) is 60.2 Å². The highest BCUT2D eigenvalue weighted by Crippen LogP contribution is 2.27. The van der Waals surface area contributed by atoms with Crippen molar-refractivity contribution in [3.63, 3.8) is 0 Å². The average molecular weight is 225 g/mol. The zero-order valence-electron chi connectivity index (χ0n) is 10.1. The van der Waals surface area contributed by atoms with Gasteiger partial charge in [0.05, 0.1) is 6.54 Å². The van der Waals surface area contributed by atoms with Gasteiger partial charge in [-0.2, -0.15) is 4.98 Å². The Morgan fingerprint density at radius 2 is 2.25 bits per heavy atom. The van der Waals surface area contributed by atoms with Crippen LogP contribution in [0.15, 0.2) is 4.52 Å². The van der Waals surface area contributed by atoms with Gasteiger partial charge < -0.3 is 14.6 Å². The fourth-order valence-corrected chi connectivity index (χ4v) is 1.37. The van der Waals surface area contributed by atoms with Crippen molar-refractivity contribution in [2.24, 2.45) is 5.92 Å². The van der Waals surface area contributed by atoms with Gasteiger partial charge in [0.2, 0.25) is 11.7 Å². The van der Waals surface area contributed by atoms with Crippen LogP contribution in [0.4, 0.5) is 0 Å². The summed E-state index contributed by atoms with van der Waals surface area (Å²) in [4.78, 5) is 4.30. The van der Waals surface area contributed by atoms with E-state index in [-0.39, 0.29) is 0 Å². The van der Waals surface area contributed by atoms with E-state index in [1.54, 1.807) is 7.11 Å². The van der Waals surface area contributed by atoms with Crippen molar-refractivity contribution < 1.29 is 9.26 Å². The molecule has 1 heterocycles. The summed E-state index contributed by atoms with van der Waals surface area (Å²) in [5.74, 6) is 2.08. The summed E-state index contributed by atoms with van der Waals surface area (Å²) in [7, 11) is 1.64. The molecule has 1 aromatic heterocycles. The first kappa shape index (κ1) is 11.5. The summed E-state index contributed by atoms with van der Waals surface area (Å²) in [6, 6.07) is 0. The molecule has 0 amide bonds. The lowest BCUT2D eigenvalue weighted by atomic mass is 10.1. The van der Waals surface area contributed by atoms with E-state index >= 15 is 0 Å². The standard InChI is InChI=1S/C11H19N3O2/c1-11(2,15-3)10-13-9(16-14-10)7-12-6-8-4-5-8/h8,12H,4-7H2,1-3H3. The van der Waals surface area contributed by atoms with Crippen LogP contribution in [0.1, 0.15) is 38.4 Å². The van der Waals surface area contributed by atoms with Crippen molar-refractivity contribution in [2.45, 2.75) is 38.8 Å². The van der Waals surface area contributed by atoms with Crippen LogP contribution < -0.4 is 5.32 Å². The molecule has 0 aromatic carbocycles. The Morgan fingerprint density at radius 1 is 1.50 bits per heavy atom. The Kier molecular flexibility index (Phi) is 3.25. The maximum absolute atomic E-state index is 5.28. The highest BCUT2D eigenvalue weighted by atomic mass is 16.5. The summed E-state index contributed by atoms with van der Waals surface area (Å²) in [6.45, 7) is 5.52. The zero-order valence-corrected chi connectivity index (χ0v) is 10.1. The van der Waals surface area contributed by atoms with Crippen molar-refractivity contribution in [2.75, 3.05) is 13.7 Å². The molecule has 0 spiro atoms. The summed E-state index contributed by atoms with van der Waals surface area (Å²) in [5.41, 5.74) is -0.488. The second-order valence-corrected chi connectivity index (χ2v) is 4.80. The van der Waals surface area contributed by atoms with Crippen LogP contribution in [0.3, 0.4) is 0 Å². The quantitative estimate of drug-likeness (QED) is 0.794. The molecular formula is C11H19N3O2. The molecule has 1 saturated carbocycles. The van der Waals surface area contributed by atoms with Crippen LogP contribution in [0.5, 0.6) is 0 Å². The van der Waals surface area contributed by atoms with Gasteiger partial charge in [-0.25, -0.2) is 0 Å². The van der Waals surface area contributed by atoms with E-state index in [1.165, 1.54) is 12.8 Å². The highest BCUT2D eigenvalue weighted by molar-refractivity contribution is 4.97. The van der Waals surface area contributed by atoms with Gasteiger partial charge >= 0.3 is 0 Å². The Morgan fingerprint density at radius 3 is 2.88 bits per heavy atom. The second-order valence-electron chi connectivity index (χ2n) is 4.80. The zero-order chi connectivity index (χ0) is 11.6. The first-order chi connectivity index (χ1) is 7.62.